The van der Waals surface area contributed by atoms with Gasteiger partial charge in [-0.05, 0) is 71.7 Å². The fourth-order valence-corrected chi connectivity index (χ4v) is 4.41. The van der Waals surface area contributed by atoms with Crippen molar-refractivity contribution in [2.75, 3.05) is 13.1 Å². The van der Waals surface area contributed by atoms with Crippen molar-refractivity contribution >= 4 is 27.3 Å². The number of rotatable bonds is 3. The van der Waals surface area contributed by atoms with Gasteiger partial charge in [0.15, 0.2) is 0 Å². The molecular weight excluding hydrogens is 296 g/mol. The summed E-state index contributed by atoms with van der Waals surface area (Å²) in [7, 11) is 0. The van der Waals surface area contributed by atoms with Gasteiger partial charge in [0.1, 0.15) is 0 Å². The summed E-state index contributed by atoms with van der Waals surface area (Å²) in [6.07, 6.45) is 5.48. The van der Waals surface area contributed by atoms with Crippen LogP contribution in [0.5, 0.6) is 0 Å². The predicted octanol–water partition coefficient (Wildman–Crippen LogP) is 3.23. The van der Waals surface area contributed by atoms with Gasteiger partial charge in [0.05, 0.1) is 3.79 Å². The van der Waals surface area contributed by atoms with Crippen LogP contribution in [0.3, 0.4) is 0 Å². The van der Waals surface area contributed by atoms with Crippen LogP contribution in [0, 0.1) is 0 Å². The van der Waals surface area contributed by atoms with E-state index in [1.165, 1.54) is 48.1 Å². The molecule has 2 unspecified atom stereocenters. The lowest BCUT2D eigenvalue weighted by Crippen LogP contribution is -2.43. The molecule has 2 fully saturated rings. The van der Waals surface area contributed by atoms with Crippen LogP contribution in [-0.4, -0.2) is 30.1 Å². The highest BCUT2D eigenvalue weighted by Gasteiger charge is 2.32. The molecule has 2 saturated heterocycles. The predicted molar refractivity (Wildman–Crippen MR) is 76.5 cm³/mol. The molecule has 4 heteroatoms. The van der Waals surface area contributed by atoms with Gasteiger partial charge in [-0.2, -0.15) is 0 Å². The molecule has 1 N–H and O–H groups in total. The average Bonchev–Trinajstić information content (AvgIpc) is 3.00. The Kier molecular flexibility index (Phi) is 3.85. The third-order valence-electron chi connectivity index (χ3n) is 3.98. The molecule has 2 aliphatic rings. The van der Waals surface area contributed by atoms with Gasteiger partial charge in [0.2, 0.25) is 0 Å². The maximum absolute atomic E-state index is 3.67. The van der Waals surface area contributed by atoms with E-state index < -0.39 is 0 Å². The second kappa shape index (κ2) is 5.39. The zero-order chi connectivity index (χ0) is 11.7. The Hall–Kier alpha value is 0.1000. The highest BCUT2D eigenvalue weighted by atomic mass is 79.9. The van der Waals surface area contributed by atoms with Gasteiger partial charge in [-0.15, -0.1) is 11.3 Å². The smallest absolute Gasteiger partial charge is 0.0701 e. The number of likely N-dealkylation sites (tertiary alicyclic amines) is 1. The molecule has 0 amide bonds. The van der Waals surface area contributed by atoms with Gasteiger partial charge in [-0.3, -0.25) is 4.90 Å². The van der Waals surface area contributed by atoms with Crippen molar-refractivity contribution in [2.24, 2.45) is 0 Å². The van der Waals surface area contributed by atoms with Crippen molar-refractivity contribution in [3.05, 3.63) is 20.8 Å². The van der Waals surface area contributed by atoms with Crippen LogP contribution in [0.25, 0.3) is 0 Å². The van der Waals surface area contributed by atoms with E-state index in [1.807, 2.05) is 0 Å². The fraction of sp³-hybridized carbons (Fsp3) is 0.692. The van der Waals surface area contributed by atoms with Gasteiger partial charge in [-0.1, -0.05) is 0 Å². The van der Waals surface area contributed by atoms with E-state index in [9.17, 15) is 0 Å². The van der Waals surface area contributed by atoms with Crippen molar-refractivity contribution in [3.8, 4) is 0 Å². The minimum Gasteiger partial charge on any atom is -0.312 e. The zero-order valence-electron chi connectivity index (χ0n) is 9.99. The molecule has 17 heavy (non-hydrogen) atoms. The van der Waals surface area contributed by atoms with E-state index in [2.05, 4.69) is 37.6 Å². The van der Waals surface area contributed by atoms with Crippen LogP contribution in [-0.2, 0) is 6.54 Å². The SMILES string of the molecule is Brc1cc(CN2CCCC2C2CCCN2)cs1. The van der Waals surface area contributed by atoms with Crippen LogP contribution in [0.4, 0.5) is 0 Å². The van der Waals surface area contributed by atoms with Gasteiger partial charge in [-0.25, -0.2) is 0 Å². The lowest BCUT2D eigenvalue weighted by atomic mass is 10.0. The largest absolute Gasteiger partial charge is 0.312 e. The first kappa shape index (κ1) is 12.2. The molecule has 2 atom stereocenters. The summed E-state index contributed by atoms with van der Waals surface area (Å²) in [6.45, 7) is 3.63. The molecular formula is C13H19BrN2S. The van der Waals surface area contributed by atoms with Crippen LogP contribution in [0.15, 0.2) is 15.2 Å². The molecule has 3 rings (SSSR count). The third kappa shape index (κ3) is 2.75. The summed E-state index contributed by atoms with van der Waals surface area (Å²) in [6, 6.07) is 3.79. The van der Waals surface area contributed by atoms with E-state index >= 15 is 0 Å². The molecule has 0 bridgehead atoms. The van der Waals surface area contributed by atoms with Gasteiger partial charge in [0, 0.05) is 18.6 Å². The molecule has 1 aromatic heterocycles. The summed E-state index contributed by atoms with van der Waals surface area (Å²) in [4.78, 5) is 2.68. The van der Waals surface area contributed by atoms with E-state index in [1.54, 1.807) is 11.3 Å². The summed E-state index contributed by atoms with van der Waals surface area (Å²) >= 11 is 5.35. The van der Waals surface area contributed by atoms with Crippen LogP contribution in [0.1, 0.15) is 31.2 Å². The lowest BCUT2D eigenvalue weighted by Gasteiger charge is -2.29. The number of hydrogen-bond donors (Lipinski definition) is 1. The Labute approximate surface area is 116 Å². The van der Waals surface area contributed by atoms with E-state index in [4.69, 9.17) is 0 Å². The van der Waals surface area contributed by atoms with Crippen molar-refractivity contribution in [2.45, 2.75) is 44.3 Å². The van der Waals surface area contributed by atoms with Crippen LogP contribution in [0.2, 0.25) is 0 Å². The minimum absolute atomic E-state index is 0.750. The number of thiophene rings is 1. The van der Waals surface area contributed by atoms with Gasteiger partial charge >= 0.3 is 0 Å². The Bertz CT molecular complexity index is 373. The Morgan fingerprint density at radius 2 is 2.35 bits per heavy atom. The molecule has 1 aromatic rings. The molecule has 2 nitrogen and oxygen atoms in total. The topological polar surface area (TPSA) is 15.3 Å². The lowest BCUT2D eigenvalue weighted by molar-refractivity contribution is 0.207. The second-order valence-electron chi connectivity index (χ2n) is 5.14. The summed E-state index contributed by atoms with van der Waals surface area (Å²) in [5.41, 5.74) is 1.46. The molecule has 0 spiro atoms. The highest BCUT2D eigenvalue weighted by molar-refractivity contribution is 9.11. The number of hydrogen-bond acceptors (Lipinski definition) is 3. The van der Waals surface area contributed by atoms with Crippen molar-refractivity contribution in [1.82, 2.24) is 10.2 Å². The maximum atomic E-state index is 3.67. The fourth-order valence-electron chi connectivity index (χ4n) is 3.21. The summed E-state index contributed by atoms with van der Waals surface area (Å²) in [5, 5.41) is 5.95. The second-order valence-corrected chi connectivity index (χ2v) is 7.43. The Morgan fingerprint density at radius 1 is 1.41 bits per heavy atom. The molecule has 94 valence electrons. The normalized spacial score (nSPS) is 30.2. The van der Waals surface area contributed by atoms with E-state index in [0.717, 1.165) is 18.6 Å². The van der Waals surface area contributed by atoms with Crippen LogP contribution >= 0.6 is 27.3 Å². The van der Waals surface area contributed by atoms with E-state index in [-0.39, 0.29) is 0 Å². The number of nitrogens with zero attached hydrogens (tertiary/aromatic N) is 1. The van der Waals surface area contributed by atoms with E-state index in [0.29, 0.717) is 0 Å². The summed E-state index contributed by atoms with van der Waals surface area (Å²) in [5.74, 6) is 0. The van der Waals surface area contributed by atoms with Gasteiger partial charge in [0.25, 0.3) is 0 Å². The molecule has 0 saturated carbocycles. The zero-order valence-corrected chi connectivity index (χ0v) is 12.4. The quantitative estimate of drug-likeness (QED) is 0.921. The molecule has 3 heterocycles. The number of halogens is 1. The van der Waals surface area contributed by atoms with Crippen molar-refractivity contribution < 1.29 is 0 Å². The monoisotopic (exact) mass is 314 g/mol. The Morgan fingerprint density at radius 3 is 3.06 bits per heavy atom. The van der Waals surface area contributed by atoms with Crippen molar-refractivity contribution in [3.63, 3.8) is 0 Å². The highest BCUT2D eigenvalue weighted by Crippen LogP contribution is 2.28. The molecule has 0 radical (unpaired) electrons. The standard InChI is InChI=1S/C13H19BrN2S/c14-13-7-10(9-17-13)8-16-6-2-4-12(16)11-3-1-5-15-11/h7,9,11-12,15H,1-6,8H2. The average molecular weight is 315 g/mol. The first-order valence-corrected chi connectivity index (χ1v) is 8.20. The third-order valence-corrected chi connectivity index (χ3v) is 5.54. The molecule has 0 aliphatic carbocycles. The molecule has 2 aliphatic heterocycles. The number of nitrogens with one attached hydrogen (secondary N) is 1. The van der Waals surface area contributed by atoms with Gasteiger partial charge < -0.3 is 5.32 Å². The van der Waals surface area contributed by atoms with Crippen LogP contribution < -0.4 is 5.32 Å². The minimum atomic E-state index is 0.750. The summed E-state index contributed by atoms with van der Waals surface area (Å²) < 4.78 is 1.25. The first-order valence-electron chi connectivity index (χ1n) is 6.53. The molecule has 0 aromatic carbocycles. The Balaban J connectivity index is 1.65. The first-order chi connectivity index (χ1) is 8.33. The van der Waals surface area contributed by atoms with Crippen molar-refractivity contribution in [1.29, 1.82) is 0 Å². The maximum Gasteiger partial charge on any atom is 0.0701 e.